The molecular weight excluding hydrogens is 310 g/mol. The maximum absolute atomic E-state index is 11.5. The number of carbonyl (C=O) groups is 3. The van der Waals surface area contributed by atoms with Gasteiger partial charge >= 0.3 is 0 Å². The third-order valence-electron chi connectivity index (χ3n) is 3.27. The van der Waals surface area contributed by atoms with Crippen LogP contribution >= 0.6 is 0 Å². The standard InChI is InChI=1S/C17H33N3O4/c1-6-7-15(21)17(23)18-9-8-14(4)10-20(5)12-24-11-16(22)19-13(2)3/h13-14H,6-12H2,1-5H3,(H,18,23)(H,19,22). The lowest BCUT2D eigenvalue weighted by atomic mass is 10.1. The Hall–Kier alpha value is -1.47. The highest BCUT2D eigenvalue weighted by molar-refractivity contribution is 6.36. The SMILES string of the molecule is CCCC(=O)C(=O)NCCC(C)CN(C)COCC(=O)NC(C)C. The Morgan fingerprint density at radius 3 is 2.42 bits per heavy atom. The van der Waals surface area contributed by atoms with Crippen molar-refractivity contribution >= 4 is 17.6 Å². The molecule has 0 bridgehead atoms. The van der Waals surface area contributed by atoms with E-state index in [2.05, 4.69) is 17.6 Å². The van der Waals surface area contributed by atoms with Crippen LogP contribution in [0.25, 0.3) is 0 Å². The lowest BCUT2D eigenvalue weighted by molar-refractivity contribution is -0.137. The van der Waals surface area contributed by atoms with Crippen LogP contribution in [0.15, 0.2) is 0 Å². The molecule has 24 heavy (non-hydrogen) atoms. The summed E-state index contributed by atoms with van der Waals surface area (Å²) in [5.74, 6) is -0.622. The molecule has 0 aromatic heterocycles. The van der Waals surface area contributed by atoms with Gasteiger partial charge in [-0.05, 0) is 39.7 Å². The number of rotatable bonds is 13. The van der Waals surface area contributed by atoms with Crippen LogP contribution in [0.3, 0.4) is 0 Å². The van der Waals surface area contributed by atoms with Crippen LogP contribution in [-0.2, 0) is 19.1 Å². The summed E-state index contributed by atoms with van der Waals surface area (Å²) >= 11 is 0. The Bertz CT molecular complexity index is 399. The second kappa shape index (κ2) is 12.9. The Labute approximate surface area is 145 Å². The maximum Gasteiger partial charge on any atom is 0.287 e. The first-order valence-corrected chi connectivity index (χ1v) is 8.62. The molecule has 0 fully saturated rings. The van der Waals surface area contributed by atoms with Crippen molar-refractivity contribution in [3.63, 3.8) is 0 Å². The summed E-state index contributed by atoms with van der Waals surface area (Å²) in [6, 6.07) is 0.110. The van der Waals surface area contributed by atoms with Crippen LogP contribution in [0.4, 0.5) is 0 Å². The van der Waals surface area contributed by atoms with Gasteiger partial charge in [-0.3, -0.25) is 19.3 Å². The van der Waals surface area contributed by atoms with E-state index in [0.29, 0.717) is 32.0 Å². The van der Waals surface area contributed by atoms with E-state index in [1.807, 2.05) is 32.7 Å². The van der Waals surface area contributed by atoms with Gasteiger partial charge in [0, 0.05) is 25.6 Å². The third kappa shape index (κ3) is 12.0. The molecule has 0 heterocycles. The highest BCUT2D eigenvalue weighted by Gasteiger charge is 2.13. The zero-order valence-electron chi connectivity index (χ0n) is 15.7. The number of hydrogen-bond donors (Lipinski definition) is 2. The van der Waals surface area contributed by atoms with Crippen LogP contribution in [0.5, 0.6) is 0 Å². The van der Waals surface area contributed by atoms with Gasteiger partial charge in [0.25, 0.3) is 5.91 Å². The number of ketones is 1. The van der Waals surface area contributed by atoms with Crippen LogP contribution in [0.1, 0.15) is 47.0 Å². The molecule has 0 aliphatic heterocycles. The average Bonchev–Trinajstić information content (AvgIpc) is 2.46. The van der Waals surface area contributed by atoms with E-state index < -0.39 is 5.91 Å². The summed E-state index contributed by atoms with van der Waals surface area (Å²) in [5.41, 5.74) is 0. The van der Waals surface area contributed by atoms with Gasteiger partial charge < -0.3 is 15.4 Å². The molecule has 0 rings (SSSR count). The molecule has 1 atom stereocenters. The second-order valence-electron chi connectivity index (χ2n) is 6.56. The highest BCUT2D eigenvalue weighted by atomic mass is 16.5. The van der Waals surface area contributed by atoms with Gasteiger partial charge in [0.05, 0.1) is 6.73 Å². The number of hydrogen-bond acceptors (Lipinski definition) is 5. The van der Waals surface area contributed by atoms with Crippen molar-refractivity contribution in [3.05, 3.63) is 0 Å². The van der Waals surface area contributed by atoms with Gasteiger partial charge in [-0.25, -0.2) is 0 Å². The van der Waals surface area contributed by atoms with Gasteiger partial charge in [-0.1, -0.05) is 13.8 Å². The van der Waals surface area contributed by atoms with Crippen molar-refractivity contribution in [1.29, 1.82) is 0 Å². The molecule has 0 aliphatic rings. The van der Waals surface area contributed by atoms with Crippen molar-refractivity contribution in [2.75, 3.05) is 33.5 Å². The molecule has 2 N–H and O–H groups in total. The minimum absolute atomic E-state index is 0.0481. The Kier molecular flexibility index (Phi) is 12.1. The highest BCUT2D eigenvalue weighted by Crippen LogP contribution is 2.03. The smallest absolute Gasteiger partial charge is 0.287 e. The molecule has 7 heteroatoms. The van der Waals surface area contributed by atoms with Gasteiger partial charge in [0.2, 0.25) is 11.7 Å². The normalized spacial score (nSPS) is 12.3. The molecule has 0 spiro atoms. The minimum Gasteiger partial charge on any atom is -0.356 e. The summed E-state index contributed by atoms with van der Waals surface area (Å²) in [6.07, 6.45) is 1.76. The Morgan fingerprint density at radius 1 is 1.17 bits per heavy atom. The molecule has 0 aromatic rings. The first-order valence-electron chi connectivity index (χ1n) is 8.62. The van der Waals surface area contributed by atoms with Crippen LogP contribution in [-0.4, -0.2) is 62.0 Å². The van der Waals surface area contributed by atoms with E-state index in [4.69, 9.17) is 4.74 Å². The molecule has 0 radical (unpaired) electrons. The van der Waals surface area contributed by atoms with Crippen LogP contribution in [0.2, 0.25) is 0 Å². The summed E-state index contributed by atoms with van der Waals surface area (Å²) in [4.78, 5) is 36.3. The fourth-order valence-corrected chi connectivity index (χ4v) is 2.21. The van der Waals surface area contributed by atoms with Crippen molar-refractivity contribution in [1.82, 2.24) is 15.5 Å². The molecule has 0 aromatic carbocycles. The molecule has 140 valence electrons. The molecule has 0 saturated heterocycles. The monoisotopic (exact) mass is 343 g/mol. The summed E-state index contributed by atoms with van der Waals surface area (Å²) < 4.78 is 5.36. The largest absolute Gasteiger partial charge is 0.356 e. The van der Waals surface area contributed by atoms with Gasteiger partial charge in [-0.15, -0.1) is 0 Å². The van der Waals surface area contributed by atoms with Gasteiger partial charge in [0.1, 0.15) is 6.61 Å². The summed E-state index contributed by atoms with van der Waals surface area (Å²) in [6.45, 7) is 9.44. The van der Waals surface area contributed by atoms with Crippen LogP contribution in [0, 0.1) is 5.92 Å². The number of Topliss-reactive ketones (excluding diaryl/α,β-unsaturated/α-hetero) is 1. The Balaban J connectivity index is 3.79. The van der Waals surface area contributed by atoms with E-state index in [1.165, 1.54) is 0 Å². The zero-order chi connectivity index (χ0) is 18.5. The van der Waals surface area contributed by atoms with E-state index in [0.717, 1.165) is 13.0 Å². The van der Waals surface area contributed by atoms with Crippen molar-refractivity contribution in [2.45, 2.75) is 53.0 Å². The van der Waals surface area contributed by atoms with Crippen LogP contribution < -0.4 is 10.6 Å². The number of nitrogens with zero attached hydrogens (tertiary/aromatic N) is 1. The number of amides is 2. The third-order valence-corrected chi connectivity index (χ3v) is 3.27. The molecule has 2 amide bonds. The van der Waals surface area contributed by atoms with Crippen molar-refractivity contribution in [3.8, 4) is 0 Å². The van der Waals surface area contributed by atoms with E-state index in [-0.39, 0.29) is 24.3 Å². The summed E-state index contributed by atoms with van der Waals surface area (Å²) in [5, 5.41) is 5.42. The average molecular weight is 343 g/mol. The molecular formula is C17H33N3O4. The number of ether oxygens (including phenoxy) is 1. The fraction of sp³-hybridized carbons (Fsp3) is 0.824. The predicted molar refractivity (Wildman–Crippen MR) is 93.4 cm³/mol. The minimum atomic E-state index is -0.489. The lowest BCUT2D eigenvalue weighted by Crippen LogP contribution is -2.36. The number of carbonyl (C=O) groups excluding carboxylic acids is 3. The Morgan fingerprint density at radius 2 is 1.83 bits per heavy atom. The number of nitrogens with one attached hydrogen (secondary N) is 2. The van der Waals surface area contributed by atoms with Crippen molar-refractivity contribution < 1.29 is 19.1 Å². The van der Waals surface area contributed by atoms with E-state index in [9.17, 15) is 14.4 Å². The van der Waals surface area contributed by atoms with E-state index >= 15 is 0 Å². The fourth-order valence-electron chi connectivity index (χ4n) is 2.21. The topological polar surface area (TPSA) is 87.7 Å². The lowest BCUT2D eigenvalue weighted by Gasteiger charge is -2.21. The first kappa shape index (κ1) is 22.5. The maximum atomic E-state index is 11.5. The second-order valence-corrected chi connectivity index (χ2v) is 6.56. The van der Waals surface area contributed by atoms with Gasteiger partial charge in [-0.2, -0.15) is 0 Å². The van der Waals surface area contributed by atoms with Crippen molar-refractivity contribution in [2.24, 2.45) is 5.92 Å². The van der Waals surface area contributed by atoms with Gasteiger partial charge in [0.15, 0.2) is 0 Å². The van der Waals surface area contributed by atoms with E-state index in [1.54, 1.807) is 0 Å². The first-order chi connectivity index (χ1) is 11.3. The summed E-state index contributed by atoms with van der Waals surface area (Å²) in [7, 11) is 1.92. The molecule has 1 unspecified atom stereocenters. The zero-order valence-corrected chi connectivity index (χ0v) is 15.7. The quantitative estimate of drug-likeness (QED) is 0.384. The predicted octanol–water partition coefficient (Wildman–Crippen LogP) is 0.929. The molecule has 7 nitrogen and oxygen atoms in total. The molecule has 0 aliphatic carbocycles. The molecule has 0 saturated carbocycles.